The molecule has 0 amide bonds. The van der Waals surface area contributed by atoms with E-state index in [1.165, 1.54) is 6.20 Å². The molecule has 0 fully saturated rings. The Morgan fingerprint density at radius 2 is 2.18 bits per heavy atom. The third kappa shape index (κ3) is 2.39. The largest absolute Gasteiger partial charge is 0.270 e. The predicted octanol–water partition coefficient (Wildman–Crippen LogP) is 1.07. The molecule has 2 aromatic heterocycles. The third-order valence-electron chi connectivity index (χ3n) is 2.32. The number of halogens is 2. The normalized spacial score (nSPS) is 12.7. The molecule has 6 nitrogen and oxygen atoms in total. The molecule has 0 aliphatic heterocycles. The van der Waals surface area contributed by atoms with Gasteiger partial charge >= 0.3 is 0 Å². The van der Waals surface area contributed by atoms with E-state index in [-0.39, 0.29) is 6.04 Å². The summed E-state index contributed by atoms with van der Waals surface area (Å²) in [5.74, 6) is 5.52. The number of nitrogens with one attached hydrogen (secondary N) is 1. The van der Waals surface area contributed by atoms with Crippen LogP contribution in [0.4, 0.5) is 0 Å². The SMILES string of the molecule is Cn1nncc1C(NN)c1ncc(Cl)cc1Cl. The van der Waals surface area contributed by atoms with Gasteiger partial charge in [0.15, 0.2) is 0 Å². The van der Waals surface area contributed by atoms with Gasteiger partial charge in [0.1, 0.15) is 6.04 Å². The van der Waals surface area contributed by atoms with Crippen LogP contribution in [-0.2, 0) is 7.05 Å². The summed E-state index contributed by atoms with van der Waals surface area (Å²) in [7, 11) is 1.76. The van der Waals surface area contributed by atoms with Crippen molar-refractivity contribution in [3.63, 3.8) is 0 Å². The van der Waals surface area contributed by atoms with Crippen molar-refractivity contribution in [2.24, 2.45) is 12.9 Å². The maximum atomic E-state index is 6.08. The van der Waals surface area contributed by atoms with Crippen LogP contribution in [0.15, 0.2) is 18.5 Å². The molecule has 0 bridgehead atoms. The minimum absolute atomic E-state index is 0.389. The molecule has 1 unspecified atom stereocenters. The Morgan fingerprint density at radius 3 is 2.71 bits per heavy atom. The smallest absolute Gasteiger partial charge is 0.108 e. The zero-order chi connectivity index (χ0) is 12.4. The summed E-state index contributed by atoms with van der Waals surface area (Å²) < 4.78 is 1.59. The van der Waals surface area contributed by atoms with E-state index in [0.29, 0.717) is 15.7 Å². The summed E-state index contributed by atoms with van der Waals surface area (Å²) in [6.45, 7) is 0. The first kappa shape index (κ1) is 12.3. The Hall–Kier alpha value is -1.21. The summed E-state index contributed by atoms with van der Waals surface area (Å²) in [5, 5.41) is 8.52. The van der Waals surface area contributed by atoms with Gasteiger partial charge in [-0.3, -0.25) is 15.5 Å². The van der Waals surface area contributed by atoms with Gasteiger partial charge in [0, 0.05) is 13.2 Å². The average Bonchev–Trinajstić information content (AvgIpc) is 2.69. The van der Waals surface area contributed by atoms with Gasteiger partial charge in [-0.15, -0.1) is 5.10 Å². The molecule has 1 atom stereocenters. The standard InChI is InChI=1S/C9H10Cl2N6/c1-17-7(4-14-16-17)9(15-12)8-6(11)2-5(10)3-13-8/h2-4,9,15H,12H2,1H3. The third-order valence-corrected chi connectivity index (χ3v) is 2.83. The molecule has 90 valence electrons. The Bertz CT molecular complexity index is 526. The maximum Gasteiger partial charge on any atom is 0.108 e. The van der Waals surface area contributed by atoms with Gasteiger partial charge < -0.3 is 0 Å². The van der Waals surface area contributed by atoms with Gasteiger partial charge in [0.05, 0.1) is 27.6 Å². The van der Waals surface area contributed by atoms with Crippen molar-refractivity contribution >= 4 is 23.2 Å². The predicted molar refractivity (Wildman–Crippen MR) is 64.4 cm³/mol. The molecular formula is C9H10Cl2N6. The molecule has 0 spiro atoms. The molecule has 0 radical (unpaired) electrons. The minimum atomic E-state index is -0.389. The molecule has 0 saturated heterocycles. The van der Waals surface area contributed by atoms with Gasteiger partial charge in [-0.1, -0.05) is 28.4 Å². The van der Waals surface area contributed by atoms with Crippen LogP contribution in [0, 0.1) is 0 Å². The van der Waals surface area contributed by atoms with E-state index in [1.807, 2.05) is 0 Å². The fourth-order valence-electron chi connectivity index (χ4n) is 1.50. The molecule has 2 heterocycles. The molecule has 3 N–H and O–H groups in total. The Balaban J connectivity index is 2.46. The molecule has 0 aliphatic rings. The quantitative estimate of drug-likeness (QED) is 0.645. The van der Waals surface area contributed by atoms with Crippen LogP contribution < -0.4 is 11.3 Å². The maximum absolute atomic E-state index is 6.08. The highest BCUT2D eigenvalue weighted by Crippen LogP contribution is 2.27. The van der Waals surface area contributed by atoms with Crippen molar-refractivity contribution in [1.29, 1.82) is 0 Å². The fourth-order valence-corrected chi connectivity index (χ4v) is 1.99. The van der Waals surface area contributed by atoms with Crippen LogP contribution >= 0.6 is 23.2 Å². The summed E-state index contributed by atoms with van der Waals surface area (Å²) in [6.07, 6.45) is 3.11. The second-order valence-electron chi connectivity index (χ2n) is 3.40. The van der Waals surface area contributed by atoms with Crippen LogP contribution in [0.3, 0.4) is 0 Å². The summed E-state index contributed by atoms with van der Waals surface area (Å²) in [4.78, 5) is 4.17. The lowest BCUT2D eigenvalue weighted by Gasteiger charge is -2.16. The zero-order valence-corrected chi connectivity index (χ0v) is 10.4. The van der Waals surface area contributed by atoms with Crippen LogP contribution in [-0.4, -0.2) is 20.0 Å². The van der Waals surface area contributed by atoms with Crippen LogP contribution in [0.5, 0.6) is 0 Å². The van der Waals surface area contributed by atoms with Gasteiger partial charge in [0.2, 0.25) is 0 Å². The van der Waals surface area contributed by atoms with E-state index < -0.39 is 0 Å². The van der Waals surface area contributed by atoms with Gasteiger partial charge in [-0.2, -0.15) is 0 Å². The zero-order valence-electron chi connectivity index (χ0n) is 8.93. The highest BCUT2D eigenvalue weighted by molar-refractivity contribution is 6.34. The lowest BCUT2D eigenvalue weighted by Crippen LogP contribution is -2.31. The average molecular weight is 273 g/mol. The van der Waals surface area contributed by atoms with E-state index in [1.54, 1.807) is 24.0 Å². The molecule has 2 rings (SSSR count). The number of hydrogen-bond donors (Lipinski definition) is 2. The number of aromatic nitrogens is 4. The van der Waals surface area contributed by atoms with Crippen molar-refractivity contribution in [2.75, 3.05) is 0 Å². The topological polar surface area (TPSA) is 81.7 Å². The highest BCUT2D eigenvalue weighted by Gasteiger charge is 2.20. The van der Waals surface area contributed by atoms with Crippen molar-refractivity contribution in [1.82, 2.24) is 25.4 Å². The lowest BCUT2D eigenvalue weighted by atomic mass is 10.1. The van der Waals surface area contributed by atoms with Crippen LogP contribution in [0.2, 0.25) is 10.0 Å². The Labute approximate surface area is 108 Å². The van der Waals surface area contributed by atoms with Gasteiger partial charge in [-0.25, -0.2) is 5.43 Å². The van der Waals surface area contributed by atoms with Crippen molar-refractivity contribution < 1.29 is 0 Å². The Morgan fingerprint density at radius 1 is 1.41 bits per heavy atom. The Kier molecular flexibility index (Phi) is 3.58. The number of nitrogens with two attached hydrogens (primary N) is 1. The molecule has 0 aromatic carbocycles. The van der Waals surface area contributed by atoms with Gasteiger partial charge in [0.25, 0.3) is 0 Å². The second-order valence-corrected chi connectivity index (χ2v) is 4.25. The minimum Gasteiger partial charge on any atom is -0.270 e. The van der Waals surface area contributed by atoms with Gasteiger partial charge in [-0.05, 0) is 6.07 Å². The fraction of sp³-hybridized carbons (Fsp3) is 0.222. The number of pyridine rings is 1. The van der Waals surface area contributed by atoms with Crippen molar-refractivity contribution in [2.45, 2.75) is 6.04 Å². The highest BCUT2D eigenvalue weighted by atomic mass is 35.5. The van der Waals surface area contributed by atoms with Crippen LogP contribution in [0.25, 0.3) is 0 Å². The van der Waals surface area contributed by atoms with Crippen LogP contribution in [0.1, 0.15) is 17.4 Å². The first-order chi connectivity index (χ1) is 8.13. The molecule has 8 heteroatoms. The summed E-state index contributed by atoms with van der Waals surface area (Å²) in [6, 6.07) is 1.22. The molecule has 0 saturated carbocycles. The molecule has 0 aliphatic carbocycles. The first-order valence-corrected chi connectivity index (χ1v) is 5.50. The number of rotatable bonds is 3. The summed E-state index contributed by atoms with van der Waals surface area (Å²) >= 11 is 11.9. The first-order valence-electron chi connectivity index (χ1n) is 4.75. The number of hydrazine groups is 1. The van der Waals surface area contributed by atoms with E-state index in [2.05, 4.69) is 20.7 Å². The molecular weight excluding hydrogens is 263 g/mol. The monoisotopic (exact) mass is 272 g/mol. The summed E-state index contributed by atoms with van der Waals surface area (Å²) in [5.41, 5.74) is 3.96. The number of hydrogen-bond acceptors (Lipinski definition) is 5. The van der Waals surface area contributed by atoms with Crippen molar-refractivity contribution in [3.05, 3.63) is 39.9 Å². The lowest BCUT2D eigenvalue weighted by molar-refractivity contribution is 0.560. The van der Waals surface area contributed by atoms with Crippen molar-refractivity contribution in [3.8, 4) is 0 Å². The van der Waals surface area contributed by atoms with E-state index in [4.69, 9.17) is 29.0 Å². The van der Waals surface area contributed by atoms with E-state index in [9.17, 15) is 0 Å². The van der Waals surface area contributed by atoms with E-state index >= 15 is 0 Å². The number of nitrogens with zero attached hydrogens (tertiary/aromatic N) is 4. The molecule has 2 aromatic rings. The number of aryl methyl sites for hydroxylation is 1. The second kappa shape index (κ2) is 4.97. The van der Waals surface area contributed by atoms with E-state index in [0.717, 1.165) is 5.69 Å². The molecule has 17 heavy (non-hydrogen) atoms.